The minimum Gasteiger partial charge on any atom is -0.508 e. The van der Waals surface area contributed by atoms with Gasteiger partial charge in [0.25, 0.3) is 0 Å². The molecule has 448 valence electrons. The van der Waals surface area contributed by atoms with Crippen LogP contribution in [0.15, 0.2) is 143 Å². The molecule has 5 aliphatic rings. The minimum atomic E-state index is -0.660. The van der Waals surface area contributed by atoms with Crippen molar-refractivity contribution in [3.05, 3.63) is 177 Å². The van der Waals surface area contributed by atoms with Crippen LogP contribution in [0.5, 0.6) is 103 Å². The number of Topliss-reactive ketones (excluding diaryl/α,β-unsaturated/α-hetero) is 1. The van der Waals surface area contributed by atoms with Gasteiger partial charge in [-0.2, -0.15) is 0 Å². The molecule has 5 atom stereocenters. The first-order chi connectivity index (χ1) is 42.0. The number of fused-ring (bicyclic) bond motifs is 12. The van der Waals surface area contributed by atoms with Crippen molar-refractivity contribution < 1.29 is 97.1 Å². The Kier molecular flexibility index (Phi) is 15.9. The van der Waals surface area contributed by atoms with Crippen molar-refractivity contribution in [1.29, 1.82) is 0 Å². The first-order valence-corrected chi connectivity index (χ1v) is 27.0. The summed E-state index contributed by atoms with van der Waals surface area (Å²) in [6, 6.07) is 34.2. The van der Waals surface area contributed by atoms with Gasteiger partial charge in [0.2, 0.25) is 11.2 Å². The van der Waals surface area contributed by atoms with Gasteiger partial charge in [-0.1, -0.05) is 6.07 Å². The molecule has 1 aromatic heterocycles. The third kappa shape index (κ3) is 11.0. The summed E-state index contributed by atoms with van der Waals surface area (Å²) in [6.45, 7) is 1.07. The van der Waals surface area contributed by atoms with E-state index in [0.29, 0.717) is 75.5 Å². The Morgan fingerprint density at radius 2 is 0.966 bits per heavy atom. The zero-order chi connectivity index (χ0) is 61.4. The zero-order valence-corrected chi connectivity index (χ0v) is 47.6. The second kappa shape index (κ2) is 24.0. The van der Waals surface area contributed by atoms with Crippen molar-refractivity contribution in [2.24, 2.45) is 0 Å². The van der Waals surface area contributed by atoms with Gasteiger partial charge in [0.15, 0.2) is 40.3 Å². The quantitative estimate of drug-likeness (QED) is 0.0744. The molecule has 0 aliphatic carbocycles. The highest BCUT2D eigenvalue weighted by Gasteiger charge is 2.43. The fraction of sp³-hybridized carbons (Fsp3) is 0.212. The Morgan fingerprint density at radius 3 is 1.60 bits per heavy atom. The molecule has 7 N–H and O–H groups in total. The van der Waals surface area contributed by atoms with Gasteiger partial charge in [-0.15, -0.1) is 0 Å². The molecule has 5 aliphatic heterocycles. The minimum absolute atomic E-state index is 0.00747. The standard InChI is InChI=1S/C17H16O6.C17H14O6.C16H14O5.C16H14O4/c1-21-15-6-11(13(19)7-16(15)22-2)12-8-23-14-5-9(18)3-4-10(14)17(12)20;1-21-13-6-5-10(17(22-2)16(13)20)12-8-23-14-7-9(18)3-4-11(14)15(12)19;1-19-15-6-14-10(5-12(15)18)11-7-20-13-4-8(17)2-3-9(13)16(11)21-14;1-18-10-3-5-11-13-8-19-14-6-9(17)2-4-12(14)16(13)20-15(11)7-10/h3-7,12,18-19H,8H2,1-2H3;3-8,18,20H,1-2H3;2-6,11,16-18H,7H2,1H3;2-7,13,16-17H,8H2,1H3/t12-;;;/m0.../s1. The normalized spacial score (nSPS) is 17.4. The molecule has 6 heterocycles. The molecular weight excluding hydrogens is 1130 g/mol. The number of ketones is 1. The van der Waals surface area contributed by atoms with E-state index in [1.165, 1.54) is 90.3 Å². The van der Waals surface area contributed by atoms with Crippen molar-refractivity contribution in [2.45, 2.75) is 30.0 Å². The predicted molar refractivity (Wildman–Crippen MR) is 313 cm³/mol. The largest absolute Gasteiger partial charge is 0.508 e. The van der Waals surface area contributed by atoms with Gasteiger partial charge in [-0.05, 0) is 78.9 Å². The lowest BCUT2D eigenvalue weighted by Gasteiger charge is -2.27. The van der Waals surface area contributed by atoms with Crippen LogP contribution in [0.3, 0.4) is 0 Å². The molecule has 87 heavy (non-hydrogen) atoms. The van der Waals surface area contributed by atoms with Gasteiger partial charge in [-0.3, -0.25) is 9.59 Å². The molecule has 14 rings (SSSR count). The maximum absolute atomic E-state index is 12.7. The average molecular weight is 1190 g/mol. The number of phenolic OH excluding ortho intramolecular Hbond substituents is 7. The van der Waals surface area contributed by atoms with Crippen LogP contribution < -0.4 is 57.5 Å². The number of aromatic hydroxyl groups is 7. The van der Waals surface area contributed by atoms with E-state index in [2.05, 4.69) is 0 Å². The summed E-state index contributed by atoms with van der Waals surface area (Å²) in [5.74, 6) is 5.17. The van der Waals surface area contributed by atoms with E-state index in [-0.39, 0.29) is 105 Å². The highest BCUT2D eigenvalue weighted by atomic mass is 16.5. The molecule has 0 bridgehead atoms. The van der Waals surface area contributed by atoms with Crippen molar-refractivity contribution >= 4 is 16.8 Å². The fourth-order valence-electron chi connectivity index (χ4n) is 11.1. The Bertz CT molecular complexity index is 4170. The second-order valence-corrected chi connectivity index (χ2v) is 20.4. The smallest absolute Gasteiger partial charge is 0.201 e. The molecule has 21 nitrogen and oxygen atoms in total. The first kappa shape index (κ1) is 57.8. The Hall–Kier alpha value is -11.0. The molecule has 0 radical (unpaired) electrons. The van der Waals surface area contributed by atoms with E-state index >= 15 is 0 Å². The summed E-state index contributed by atoms with van der Waals surface area (Å²) in [7, 11) is 8.91. The number of benzene rings is 8. The number of phenols is 7. The van der Waals surface area contributed by atoms with Crippen LogP contribution >= 0.6 is 0 Å². The number of rotatable bonds is 8. The second-order valence-electron chi connectivity index (χ2n) is 20.4. The van der Waals surface area contributed by atoms with Gasteiger partial charge < -0.3 is 92.3 Å². The molecular formula is C66H58O21. The molecule has 8 aromatic carbocycles. The highest BCUT2D eigenvalue weighted by molar-refractivity contribution is 6.04. The van der Waals surface area contributed by atoms with E-state index in [1.807, 2.05) is 30.3 Å². The summed E-state index contributed by atoms with van der Waals surface area (Å²) < 4.78 is 65.5. The number of hydrogen-bond donors (Lipinski definition) is 7. The lowest BCUT2D eigenvalue weighted by Crippen LogP contribution is -2.26. The van der Waals surface area contributed by atoms with Crippen molar-refractivity contribution in [3.63, 3.8) is 0 Å². The SMILES string of the molecule is COc1cc(O)c([C@@H]2COc3cc(O)ccc3C2=O)cc1OC.COc1cc2c(cc1O)C1COc3cc(O)ccc3C1O2.COc1ccc(-c2coc3cc(O)ccc3c2=O)c(OC)c1O.COc1ccc2c(c1)OC1c3ccc(O)cc3OCC21. The maximum atomic E-state index is 12.7. The van der Waals surface area contributed by atoms with Gasteiger partial charge >= 0.3 is 0 Å². The van der Waals surface area contributed by atoms with Crippen molar-refractivity contribution in [1.82, 2.24) is 0 Å². The Labute approximate surface area is 496 Å². The summed E-state index contributed by atoms with van der Waals surface area (Å²) in [6.07, 6.45) is 1.05. The van der Waals surface area contributed by atoms with E-state index < -0.39 is 5.92 Å². The van der Waals surface area contributed by atoms with E-state index in [1.54, 1.807) is 55.6 Å². The van der Waals surface area contributed by atoms with Crippen molar-refractivity contribution in [2.75, 3.05) is 62.5 Å². The van der Waals surface area contributed by atoms with Gasteiger partial charge in [0, 0.05) is 75.8 Å². The van der Waals surface area contributed by atoms with E-state index in [4.69, 9.17) is 56.5 Å². The molecule has 0 saturated carbocycles. The Morgan fingerprint density at radius 1 is 0.414 bits per heavy atom. The van der Waals surface area contributed by atoms with Crippen molar-refractivity contribution in [3.8, 4) is 115 Å². The average Bonchev–Trinajstić information content (AvgIpc) is 2.01. The maximum Gasteiger partial charge on any atom is 0.201 e. The van der Waals surface area contributed by atoms with E-state index in [9.17, 15) is 45.3 Å². The molecule has 4 unspecified atom stereocenters. The predicted octanol–water partition coefficient (Wildman–Crippen LogP) is 11.1. The lowest BCUT2D eigenvalue weighted by atomic mass is 9.88. The van der Waals surface area contributed by atoms with Gasteiger partial charge in [0.05, 0.1) is 90.1 Å². The summed E-state index contributed by atoms with van der Waals surface area (Å²) in [5.41, 5.74) is 5.32. The van der Waals surface area contributed by atoms with Gasteiger partial charge in [0.1, 0.15) is 93.9 Å². The summed E-state index contributed by atoms with van der Waals surface area (Å²) in [4.78, 5) is 25.4. The van der Waals surface area contributed by atoms with Crippen LogP contribution in [0.1, 0.15) is 68.1 Å². The summed E-state index contributed by atoms with van der Waals surface area (Å²) in [5, 5.41) is 68.6. The highest BCUT2D eigenvalue weighted by Crippen LogP contribution is 2.55. The van der Waals surface area contributed by atoms with Gasteiger partial charge in [-0.25, -0.2) is 0 Å². The number of methoxy groups -OCH3 is 6. The number of carbonyl (C=O) groups is 1. The zero-order valence-electron chi connectivity index (χ0n) is 47.6. The number of carbonyl (C=O) groups excluding carboxylic acids is 1. The first-order valence-electron chi connectivity index (χ1n) is 27.0. The van der Waals surface area contributed by atoms with E-state index in [0.717, 1.165) is 33.8 Å². The molecule has 0 fully saturated rings. The fourth-order valence-corrected chi connectivity index (χ4v) is 11.1. The topological polar surface area (TPSA) is 290 Å². The monoisotopic (exact) mass is 1190 g/mol. The number of hydrogen-bond acceptors (Lipinski definition) is 21. The van der Waals surface area contributed by atoms with Crippen LogP contribution in [0.4, 0.5) is 0 Å². The van der Waals surface area contributed by atoms with Crippen LogP contribution in [-0.4, -0.2) is 104 Å². The van der Waals surface area contributed by atoms with Crippen LogP contribution in [0.2, 0.25) is 0 Å². The molecule has 9 aromatic rings. The molecule has 0 saturated heterocycles. The number of ether oxygens (including phenoxy) is 11. The molecule has 21 heteroatoms. The third-order valence-corrected chi connectivity index (χ3v) is 15.4. The summed E-state index contributed by atoms with van der Waals surface area (Å²) >= 11 is 0. The Balaban J connectivity index is 0.000000120. The lowest BCUT2D eigenvalue weighted by molar-refractivity contribution is 0.0893. The van der Waals surface area contributed by atoms with Crippen LogP contribution in [0, 0.1) is 0 Å². The molecule has 0 amide bonds. The van der Waals surface area contributed by atoms with Crippen LogP contribution in [-0.2, 0) is 0 Å². The van der Waals surface area contributed by atoms with Crippen LogP contribution in [0.25, 0.3) is 22.1 Å². The molecule has 0 spiro atoms. The third-order valence-electron chi connectivity index (χ3n) is 15.4.